The summed E-state index contributed by atoms with van der Waals surface area (Å²) in [6.45, 7) is 5.86. The molecule has 0 aromatic heterocycles. The van der Waals surface area contributed by atoms with Crippen LogP contribution in [-0.4, -0.2) is 13.3 Å². The third-order valence-corrected chi connectivity index (χ3v) is 1.49. The Labute approximate surface area is 79.6 Å². The lowest BCUT2D eigenvalue weighted by atomic mass is 10.2. The van der Waals surface area contributed by atoms with Crippen LogP contribution in [0.5, 0.6) is 0 Å². The summed E-state index contributed by atoms with van der Waals surface area (Å²) in [4.78, 5) is 0. The second-order valence-electron chi connectivity index (χ2n) is 2.46. The molecule has 74 valence electrons. The standard InChI is InChI=1S/C9H11FO.C2H6/c1-7-3-4-9(11-2)6-8(10)5-7;1-2/h3-6,8H,1-2H3;1-2H3. The molecule has 0 saturated heterocycles. The maximum Gasteiger partial charge on any atom is 0.141 e. The number of ether oxygens (including phenoxy) is 1. The van der Waals surface area contributed by atoms with Crippen LogP contribution in [0.4, 0.5) is 4.39 Å². The van der Waals surface area contributed by atoms with Gasteiger partial charge in [0.2, 0.25) is 0 Å². The van der Waals surface area contributed by atoms with Crippen LogP contribution in [-0.2, 0) is 4.74 Å². The second-order valence-corrected chi connectivity index (χ2v) is 2.46. The molecule has 2 heteroatoms. The fourth-order valence-electron chi connectivity index (χ4n) is 0.917. The Bertz CT molecular complexity index is 226. The Hall–Kier alpha value is -1.05. The van der Waals surface area contributed by atoms with Gasteiger partial charge < -0.3 is 4.74 Å². The van der Waals surface area contributed by atoms with Crippen LogP contribution in [0.2, 0.25) is 0 Å². The molecule has 0 aromatic carbocycles. The van der Waals surface area contributed by atoms with Crippen molar-refractivity contribution in [2.75, 3.05) is 7.11 Å². The van der Waals surface area contributed by atoms with Crippen molar-refractivity contribution < 1.29 is 9.13 Å². The Kier molecular flexibility index (Phi) is 5.94. The third kappa shape index (κ3) is 4.51. The van der Waals surface area contributed by atoms with Crippen LogP contribution in [0, 0.1) is 0 Å². The first-order valence-electron chi connectivity index (χ1n) is 4.49. The average Bonchev–Trinajstić information content (AvgIpc) is 2.30. The van der Waals surface area contributed by atoms with Gasteiger partial charge in [0.25, 0.3) is 0 Å². The lowest BCUT2D eigenvalue weighted by Gasteiger charge is -1.98. The first kappa shape index (κ1) is 11.9. The van der Waals surface area contributed by atoms with Crippen LogP contribution < -0.4 is 0 Å². The number of hydrogen-bond acceptors (Lipinski definition) is 1. The molecular formula is C11H17FO. The lowest BCUT2D eigenvalue weighted by Crippen LogP contribution is -1.91. The molecule has 0 aliphatic heterocycles. The van der Waals surface area contributed by atoms with Crippen LogP contribution in [0.15, 0.2) is 35.6 Å². The molecule has 1 aliphatic carbocycles. The molecule has 0 aromatic rings. The van der Waals surface area contributed by atoms with E-state index in [1.54, 1.807) is 12.2 Å². The highest BCUT2D eigenvalue weighted by Gasteiger charge is 2.03. The quantitative estimate of drug-likeness (QED) is 0.607. The average molecular weight is 184 g/mol. The molecule has 1 unspecified atom stereocenters. The van der Waals surface area contributed by atoms with Gasteiger partial charge in [-0.3, -0.25) is 0 Å². The van der Waals surface area contributed by atoms with Crippen molar-refractivity contribution in [2.24, 2.45) is 0 Å². The van der Waals surface area contributed by atoms with Gasteiger partial charge in [-0.25, -0.2) is 4.39 Å². The topological polar surface area (TPSA) is 9.23 Å². The van der Waals surface area contributed by atoms with Crippen LogP contribution in [0.3, 0.4) is 0 Å². The molecule has 0 spiro atoms. The van der Waals surface area contributed by atoms with Crippen molar-refractivity contribution in [1.82, 2.24) is 0 Å². The summed E-state index contributed by atoms with van der Waals surface area (Å²) in [7, 11) is 1.53. The van der Waals surface area contributed by atoms with E-state index in [2.05, 4.69) is 0 Å². The molecule has 0 fully saturated rings. The normalized spacial score (nSPS) is 20.5. The molecule has 0 amide bonds. The first-order valence-corrected chi connectivity index (χ1v) is 4.49. The molecule has 1 rings (SSSR count). The van der Waals surface area contributed by atoms with Gasteiger partial charge in [-0.15, -0.1) is 0 Å². The van der Waals surface area contributed by atoms with Crippen molar-refractivity contribution >= 4 is 0 Å². The van der Waals surface area contributed by atoms with Crippen molar-refractivity contribution in [2.45, 2.75) is 26.9 Å². The van der Waals surface area contributed by atoms with Gasteiger partial charge in [0.1, 0.15) is 11.9 Å². The summed E-state index contributed by atoms with van der Waals surface area (Å²) in [6, 6.07) is 0. The number of allylic oxidation sites excluding steroid dienone is 5. The number of hydrogen-bond donors (Lipinski definition) is 0. The molecule has 1 atom stereocenters. The van der Waals surface area contributed by atoms with Gasteiger partial charge in [0, 0.05) is 0 Å². The highest BCUT2D eigenvalue weighted by molar-refractivity contribution is 5.30. The zero-order valence-electron chi connectivity index (χ0n) is 8.67. The Morgan fingerprint density at radius 2 is 1.85 bits per heavy atom. The van der Waals surface area contributed by atoms with Crippen LogP contribution >= 0.6 is 0 Å². The molecule has 0 bridgehead atoms. The van der Waals surface area contributed by atoms with E-state index in [0.717, 1.165) is 5.57 Å². The fourth-order valence-corrected chi connectivity index (χ4v) is 0.917. The van der Waals surface area contributed by atoms with E-state index in [1.807, 2.05) is 26.8 Å². The molecule has 1 nitrogen and oxygen atoms in total. The van der Waals surface area contributed by atoms with Gasteiger partial charge in [-0.05, 0) is 25.2 Å². The summed E-state index contributed by atoms with van der Waals surface area (Å²) in [5.74, 6) is 0.575. The van der Waals surface area contributed by atoms with Gasteiger partial charge in [-0.2, -0.15) is 0 Å². The summed E-state index contributed by atoms with van der Waals surface area (Å²) >= 11 is 0. The number of alkyl halides is 1. The predicted octanol–water partition coefficient (Wildman–Crippen LogP) is 3.40. The van der Waals surface area contributed by atoms with E-state index in [4.69, 9.17) is 4.74 Å². The SMILES string of the molecule is CC.COC1=CC(F)C=C(C)C=C1. The minimum Gasteiger partial charge on any atom is -0.497 e. The molecule has 0 N–H and O–H groups in total. The molecular weight excluding hydrogens is 167 g/mol. The Morgan fingerprint density at radius 1 is 1.23 bits per heavy atom. The maximum absolute atomic E-state index is 12.9. The van der Waals surface area contributed by atoms with Gasteiger partial charge >= 0.3 is 0 Å². The van der Waals surface area contributed by atoms with Gasteiger partial charge in [0.05, 0.1) is 7.11 Å². The lowest BCUT2D eigenvalue weighted by molar-refractivity contribution is 0.300. The predicted molar refractivity (Wildman–Crippen MR) is 54.2 cm³/mol. The number of methoxy groups -OCH3 is 1. The summed E-state index contributed by atoms with van der Waals surface area (Å²) < 4.78 is 17.7. The van der Waals surface area contributed by atoms with Crippen LogP contribution in [0.25, 0.3) is 0 Å². The monoisotopic (exact) mass is 184 g/mol. The van der Waals surface area contributed by atoms with Crippen LogP contribution in [0.1, 0.15) is 20.8 Å². The second kappa shape index (κ2) is 6.46. The van der Waals surface area contributed by atoms with E-state index in [-0.39, 0.29) is 0 Å². The van der Waals surface area contributed by atoms with E-state index < -0.39 is 6.17 Å². The van der Waals surface area contributed by atoms with E-state index in [9.17, 15) is 4.39 Å². The number of rotatable bonds is 1. The Balaban J connectivity index is 0.000000671. The summed E-state index contributed by atoms with van der Waals surface area (Å²) in [6.07, 6.45) is 5.54. The highest BCUT2D eigenvalue weighted by Crippen LogP contribution is 2.12. The summed E-state index contributed by atoms with van der Waals surface area (Å²) in [5, 5.41) is 0. The minimum absolute atomic E-state index is 0.575. The van der Waals surface area contributed by atoms with Crippen molar-refractivity contribution in [3.8, 4) is 0 Å². The van der Waals surface area contributed by atoms with E-state index in [1.165, 1.54) is 13.2 Å². The van der Waals surface area contributed by atoms with Gasteiger partial charge in [-0.1, -0.05) is 25.5 Å². The molecule has 1 aliphatic rings. The zero-order valence-corrected chi connectivity index (χ0v) is 8.67. The number of halogens is 1. The molecule has 0 saturated carbocycles. The van der Waals surface area contributed by atoms with Crippen molar-refractivity contribution in [3.05, 3.63) is 35.6 Å². The van der Waals surface area contributed by atoms with Crippen molar-refractivity contribution in [3.63, 3.8) is 0 Å². The molecule has 0 heterocycles. The highest BCUT2D eigenvalue weighted by atomic mass is 19.1. The third-order valence-electron chi connectivity index (χ3n) is 1.49. The zero-order chi connectivity index (χ0) is 10.3. The summed E-state index contributed by atoms with van der Waals surface area (Å²) in [5.41, 5.74) is 0.917. The van der Waals surface area contributed by atoms with E-state index in [0.29, 0.717) is 5.76 Å². The smallest absolute Gasteiger partial charge is 0.141 e. The van der Waals surface area contributed by atoms with Gasteiger partial charge in [0.15, 0.2) is 0 Å². The molecule has 13 heavy (non-hydrogen) atoms. The fraction of sp³-hybridized carbons (Fsp3) is 0.455. The minimum atomic E-state index is -1.03. The van der Waals surface area contributed by atoms with E-state index >= 15 is 0 Å². The molecule has 0 radical (unpaired) electrons. The first-order chi connectivity index (χ1) is 6.22. The Morgan fingerprint density at radius 3 is 2.38 bits per heavy atom. The van der Waals surface area contributed by atoms with Crippen molar-refractivity contribution in [1.29, 1.82) is 0 Å². The largest absolute Gasteiger partial charge is 0.497 e. The maximum atomic E-state index is 12.9.